The van der Waals surface area contributed by atoms with Gasteiger partial charge < -0.3 is 20.4 Å². The van der Waals surface area contributed by atoms with Gasteiger partial charge in [0, 0.05) is 5.92 Å². The Hall–Kier alpha value is -2.36. The topological polar surface area (TPSA) is 80.9 Å². The second kappa shape index (κ2) is 5.33. The van der Waals surface area contributed by atoms with Gasteiger partial charge in [-0.15, -0.1) is 0 Å². The summed E-state index contributed by atoms with van der Waals surface area (Å²) in [5, 5.41) is 38.2. The number of rotatable bonds is 3. The van der Waals surface area contributed by atoms with Crippen molar-refractivity contribution >= 4 is 0 Å². The number of benzene rings is 2. The number of phenols is 4. The Labute approximate surface area is 117 Å². The summed E-state index contributed by atoms with van der Waals surface area (Å²) in [6.07, 6.45) is 0.720. The zero-order valence-electron chi connectivity index (χ0n) is 11.5. The monoisotopic (exact) mass is 274 g/mol. The Bertz CT molecular complexity index is 635. The molecule has 0 unspecified atom stereocenters. The molecule has 0 amide bonds. The molecule has 1 atom stereocenters. The highest BCUT2D eigenvalue weighted by molar-refractivity contribution is 5.50. The molecule has 0 aliphatic heterocycles. The van der Waals surface area contributed by atoms with Gasteiger partial charge in [0.2, 0.25) is 0 Å². The lowest BCUT2D eigenvalue weighted by atomic mass is 9.88. The summed E-state index contributed by atoms with van der Waals surface area (Å²) >= 11 is 0. The van der Waals surface area contributed by atoms with Crippen LogP contribution in [-0.2, 0) is 6.42 Å². The summed E-state index contributed by atoms with van der Waals surface area (Å²) in [7, 11) is 0. The molecule has 0 saturated heterocycles. The molecule has 0 saturated carbocycles. The molecule has 0 aliphatic rings. The van der Waals surface area contributed by atoms with Gasteiger partial charge in [0.25, 0.3) is 0 Å². The van der Waals surface area contributed by atoms with E-state index in [-0.39, 0.29) is 28.9 Å². The zero-order chi connectivity index (χ0) is 14.9. The van der Waals surface area contributed by atoms with Gasteiger partial charge in [0.05, 0.1) is 0 Å². The van der Waals surface area contributed by atoms with Crippen molar-refractivity contribution in [1.29, 1.82) is 0 Å². The van der Waals surface area contributed by atoms with E-state index in [9.17, 15) is 20.4 Å². The Morgan fingerprint density at radius 3 is 2.05 bits per heavy atom. The zero-order valence-corrected chi connectivity index (χ0v) is 11.5. The first-order valence-electron chi connectivity index (χ1n) is 6.50. The molecular weight excluding hydrogens is 256 g/mol. The van der Waals surface area contributed by atoms with Crippen LogP contribution in [0.5, 0.6) is 23.0 Å². The van der Waals surface area contributed by atoms with Gasteiger partial charge in [-0.25, -0.2) is 0 Å². The van der Waals surface area contributed by atoms with Gasteiger partial charge in [-0.2, -0.15) is 0 Å². The summed E-state index contributed by atoms with van der Waals surface area (Å²) in [5.41, 5.74) is 2.63. The molecule has 0 heterocycles. The minimum Gasteiger partial charge on any atom is -0.504 e. The van der Waals surface area contributed by atoms with Crippen LogP contribution in [0.15, 0.2) is 30.3 Å². The Kier molecular flexibility index (Phi) is 3.74. The van der Waals surface area contributed by atoms with Crippen LogP contribution >= 0.6 is 0 Å². The lowest BCUT2D eigenvalue weighted by molar-refractivity contribution is 0.401. The fourth-order valence-corrected chi connectivity index (χ4v) is 2.33. The van der Waals surface area contributed by atoms with Crippen molar-refractivity contribution in [3.05, 3.63) is 47.0 Å². The fraction of sp³-hybridized carbons (Fsp3) is 0.250. The minimum absolute atomic E-state index is 0.0806. The summed E-state index contributed by atoms with van der Waals surface area (Å²) in [6, 6.07) is 7.77. The highest BCUT2D eigenvalue weighted by Gasteiger charge is 2.16. The first-order valence-corrected chi connectivity index (χ1v) is 6.50. The van der Waals surface area contributed by atoms with Crippen LogP contribution in [0.25, 0.3) is 0 Å². The van der Waals surface area contributed by atoms with Gasteiger partial charge >= 0.3 is 0 Å². The van der Waals surface area contributed by atoms with E-state index in [0.29, 0.717) is 0 Å². The molecule has 4 N–H and O–H groups in total. The number of hydrogen-bond donors (Lipinski definition) is 4. The van der Waals surface area contributed by atoms with E-state index < -0.39 is 0 Å². The second-order valence-corrected chi connectivity index (χ2v) is 4.86. The number of hydrogen-bond acceptors (Lipinski definition) is 4. The molecule has 0 aliphatic carbocycles. The van der Waals surface area contributed by atoms with Crippen LogP contribution in [0.2, 0.25) is 0 Å². The van der Waals surface area contributed by atoms with Crippen LogP contribution in [0, 0.1) is 0 Å². The smallest absolute Gasteiger partial charge is 0.157 e. The summed E-state index contributed by atoms with van der Waals surface area (Å²) in [5.74, 6) is -0.707. The van der Waals surface area contributed by atoms with Crippen molar-refractivity contribution < 1.29 is 20.4 Å². The number of aromatic hydroxyl groups is 4. The minimum atomic E-state index is -0.171. The fourth-order valence-electron chi connectivity index (χ4n) is 2.33. The molecule has 2 rings (SSSR count). The van der Waals surface area contributed by atoms with Gasteiger partial charge in [0.15, 0.2) is 23.0 Å². The maximum atomic E-state index is 9.68. The van der Waals surface area contributed by atoms with Crippen molar-refractivity contribution in [3.63, 3.8) is 0 Å². The maximum Gasteiger partial charge on any atom is 0.157 e. The van der Waals surface area contributed by atoms with Gasteiger partial charge in [-0.1, -0.05) is 19.9 Å². The molecule has 0 bridgehead atoms. The summed E-state index contributed by atoms with van der Waals surface area (Å²) in [4.78, 5) is 0. The number of phenolic OH excluding ortho intramolecular Hbond substituents is 4. The normalized spacial score (nSPS) is 12.3. The molecule has 4 nitrogen and oxygen atoms in total. The summed E-state index contributed by atoms with van der Waals surface area (Å²) in [6.45, 7) is 3.91. The van der Waals surface area contributed by atoms with Crippen molar-refractivity contribution in [1.82, 2.24) is 0 Å². The molecular formula is C16H18O4. The second-order valence-electron chi connectivity index (χ2n) is 4.86. The molecule has 2 aromatic carbocycles. The third-order valence-corrected chi connectivity index (χ3v) is 3.58. The van der Waals surface area contributed by atoms with Crippen molar-refractivity contribution in [3.8, 4) is 23.0 Å². The van der Waals surface area contributed by atoms with Crippen LogP contribution in [-0.4, -0.2) is 20.4 Å². The molecule has 0 spiro atoms. The lowest BCUT2D eigenvalue weighted by Crippen LogP contribution is -2.00. The quantitative estimate of drug-likeness (QED) is 0.648. The van der Waals surface area contributed by atoms with Gasteiger partial charge in [-0.05, 0) is 47.4 Å². The van der Waals surface area contributed by atoms with Crippen LogP contribution < -0.4 is 0 Å². The maximum absolute atomic E-state index is 9.68. The first kappa shape index (κ1) is 14.1. The number of aryl methyl sites for hydroxylation is 1. The van der Waals surface area contributed by atoms with Crippen molar-refractivity contribution in [2.75, 3.05) is 0 Å². The van der Waals surface area contributed by atoms with E-state index in [4.69, 9.17) is 0 Å². The van der Waals surface area contributed by atoms with Crippen molar-refractivity contribution in [2.45, 2.75) is 26.2 Å². The Morgan fingerprint density at radius 1 is 0.850 bits per heavy atom. The third kappa shape index (κ3) is 2.50. The van der Waals surface area contributed by atoms with E-state index in [1.807, 2.05) is 13.8 Å². The predicted molar refractivity (Wildman–Crippen MR) is 76.4 cm³/mol. The van der Waals surface area contributed by atoms with Crippen molar-refractivity contribution in [2.24, 2.45) is 0 Å². The molecule has 106 valence electrons. The summed E-state index contributed by atoms with van der Waals surface area (Å²) < 4.78 is 0. The highest BCUT2D eigenvalue weighted by atomic mass is 16.3. The SMILES string of the molecule is CCc1cc(O)c(O)cc1[C@H](C)c1ccc(O)c(O)c1. The third-order valence-electron chi connectivity index (χ3n) is 3.58. The van der Waals surface area contributed by atoms with Gasteiger partial charge in [0.1, 0.15) is 0 Å². The van der Waals surface area contributed by atoms with Crippen LogP contribution in [0.3, 0.4) is 0 Å². The average molecular weight is 274 g/mol. The van der Waals surface area contributed by atoms with Crippen LogP contribution in [0.1, 0.15) is 36.5 Å². The van der Waals surface area contributed by atoms with E-state index in [2.05, 4.69) is 0 Å². The van der Waals surface area contributed by atoms with E-state index in [1.54, 1.807) is 18.2 Å². The molecule has 4 heteroatoms. The van der Waals surface area contributed by atoms with E-state index >= 15 is 0 Å². The van der Waals surface area contributed by atoms with E-state index in [1.165, 1.54) is 12.1 Å². The lowest BCUT2D eigenvalue weighted by Gasteiger charge is -2.18. The molecule has 0 aromatic heterocycles. The molecule has 0 radical (unpaired) electrons. The Balaban J connectivity index is 2.49. The molecule has 2 aromatic rings. The van der Waals surface area contributed by atoms with E-state index in [0.717, 1.165) is 23.1 Å². The predicted octanol–water partition coefficient (Wildman–Crippen LogP) is 3.22. The highest BCUT2D eigenvalue weighted by Crippen LogP contribution is 2.37. The van der Waals surface area contributed by atoms with Crippen LogP contribution in [0.4, 0.5) is 0 Å². The Morgan fingerprint density at radius 2 is 1.45 bits per heavy atom. The standard InChI is InChI=1S/C16H18O4/c1-3-10-6-15(19)16(20)8-12(10)9(2)11-4-5-13(17)14(18)7-11/h4-9,17-20H,3H2,1-2H3/t9-/m1/s1. The molecule has 20 heavy (non-hydrogen) atoms. The molecule has 0 fully saturated rings. The van der Waals surface area contributed by atoms with Gasteiger partial charge in [-0.3, -0.25) is 0 Å². The first-order chi connectivity index (χ1) is 9.43. The average Bonchev–Trinajstić information content (AvgIpc) is 2.43. The largest absolute Gasteiger partial charge is 0.504 e.